The molecule has 0 bridgehead atoms. The Morgan fingerprint density at radius 1 is 1.00 bits per heavy atom. The van der Waals surface area contributed by atoms with Crippen LogP contribution in [0.3, 0.4) is 0 Å². The van der Waals surface area contributed by atoms with Crippen molar-refractivity contribution in [2.24, 2.45) is 0 Å². The van der Waals surface area contributed by atoms with E-state index in [4.69, 9.17) is 15.3 Å². The summed E-state index contributed by atoms with van der Waals surface area (Å²) in [4.78, 5) is 0. The van der Waals surface area contributed by atoms with Gasteiger partial charge in [0.05, 0.1) is 0 Å². The molecule has 0 radical (unpaired) electrons. The zero-order valence-corrected chi connectivity index (χ0v) is 9.30. The Bertz CT molecular complexity index is 192. The Kier molecular flexibility index (Phi) is 6.28. The lowest BCUT2D eigenvalue weighted by Crippen LogP contribution is -2.53. The molecule has 0 aromatic carbocycles. The molecule has 0 fully saturated rings. The number of aliphatic hydroxyl groups is 3. The van der Waals surface area contributed by atoms with Crippen molar-refractivity contribution in [1.29, 1.82) is 0 Å². The summed E-state index contributed by atoms with van der Waals surface area (Å²) in [5.41, 5.74) is 0. The maximum Gasteiger partial charge on any atom is 0.357 e. The molecule has 0 aliphatic rings. The zero-order valence-electron chi connectivity index (χ0n) is 9.30. The average Bonchev–Trinajstić information content (AvgIpc) is 2.15. The predicted molar refractivity (Wildman–Crippen MR) is 52.6 cm³/mol. The summed E-state index contributed by atoms with van der Waals surface area (Å²) in [6.07, 6.45) is 0.359. The summed E-state index contributed by atoms with van der Waals surface area (Å²) < 4.78 is 38.5. The van der Waals surface area contributed by atoms with Gasteiger partial charge in [0.2, 0.25) is 0 Å². The van der Waals surface area contributed by atoms with E-state index in [1.165, 1.54) is 0 Å². The minimum atomic E-state index is -4.56. The molecule has 1 atom stereocenters. The molecule has 0 aromatic heterocycles. The molecule has 3 nitrogen and oxygen atoms in total. The minimum Gasteiger partial charge on any atom is -0.339 e. The molecule has 0 heterocycles. The van der Waals surface area contributed by atoms with Crippen LogP contribution in [0.5, 0.6) is 0 Å². The van der Waals surface area contributed by atoms with E-state index in [2.05, 4.69) is 0 Å². The molecule has 16 heavy (non-hydrogen) atoms. The molecule has 3 N–H and O–H groups in total. The highest BCUT2D eigenvalue weighted by atomic mass is 19.3. The minimum absolute atomic E-state index is 0.229. The zero-order chi connectivity index (χ0) is 12.8. The highest BCUT2D eigenvalue weighted by Crippen LogP contribution is 2.33. The van der Waals surface area contributed by atoms with E-state index < -0.39 is 24.5 Å². The van der Waals surface area contributed by atoms with E-state index in [0.717, 1.165) is 19.3 Å². The number of hydrogen-bond acceptors (Lipinski definition) is 3. The first-order valence-electron chi connectivity index (χ1n) is 5.42. The van der Waals surface area contributed by atoms with E-state index in [1.807, 2.05) is 6.92 Å². The van der Waals surface area contributed by atoms with Gasteiger partial charge in [0.25, 0.3) is 0 Å². The van der Waals surface area contributed by atoms with Gasteiger partial charge in [-0.3, -0.25) is 0 Å². The Morgan fingerprint density at radius 2 is 1.50 bits per heavy atom. The van der Waals surface area contributed by atoms with E-state index in [0.29, 0.717) is 6.42 Å². The number of unbranched alkanes of at least 4 members (excludes halogenated alkanes) is 4. The van der Waals surface area contributed by atoms with E-state index in [-0.39, 0.29) is 6.42 Å². The second-order valence-corrected chi connectivity index (χ2v) is 3.93. The molecular weight excluding hydrogens is 225 g/mol. The maximum absolute atomic E-state index is 13.0. The van der Waals surface area contributed by atoms with Crippen LogP contribution in [-0.4, -0.2) is 33.4 Å². The van der Waals surface area contributed by atoms with Crippen molar-refractivity contribution >= 4 is 0 Å². The van der Waals surface area contributed by atoms with Crippen molar-refractivity contribution in [3.8, 4) is 0 Å². The third-order valence-electron chi connectivity index (χ3n) is 2.40. The molecule has 0 aliphatic heterocycles. The van der Waals surface area contributed by atoms with Crippen LogP contribution in [0.25, 0.3) is 0 Å². The third-order valence-corrected chi connectivity index (χ3v) is 2.40. The fraction of sp³-hybridized carbons (Fsp3) is 1.00. The maximum atomic E-state index is 13.0. The highest BCUT2D eigenvalue weighted by molar-refractivity contribution is 4.83. The van der Waals surface area contributed by atoms with Crippen molar-refractivity contribution in [2.45, 2.75) is 63.5 Å². The van der Waals surface area contributed by atoms with E-state index in [9.17, 15) is 13.2 Å². The number of hydrogen-bond donors (Lipinski definition) is 3. The van der Waals surface area contributed by atoms with Crippen molar-refractivity contribution in [1.82, 2.24) is 0 Å². The van der Waals surface area contributed by atoms with Gasteiger partial charge >= 0.3 is 11.9 Å². The topological polar surface area (TPSA) is 60.7 Å². The molecule has 6 heteroatoms. The monoisotopic (exact) mass is 244 g/mol. The molecule has 0 aliphatic carbocycles. The van der Waals surface area contributed by atoms with Gasteiger partial charge in [-0.2, -0.15) is 8.78 Å². The molecule has 1 unspecified atom stereocenters. The fourth-order valence-electron chi connectivity index (χ4n) is 1.32. The van der Waals surface area contributed by atoms with Gasteiger partial charge in [0, 0.05) is 0 Å². The van der Waals surface area contributed by atoms with Crippen molar-refractivity contribution < 1.29 is 28.5 Å². The first kappa shape index (κ1) is 15.7. The molecule has 0 saturated carbocycles. The van der Waals surface area contributed by atoms with Gasteiger partial charge < -0.3 is 15.3 Å². The largest absolute Gasteiger partial charge is 0.357 e. The lowest BCUT2D eigenvalue weighted by molar-refractivity contribution is -0.417. The van der Waals surface area contributed by atoms with Crippen molar-refractivity contribution in [2.75, 3.05) is 0 Å². The van der Waals surface area contributed by atoms with Gasteiger partial charge in [-0.05, 0) is 6.42 Å². The molecule has 0 amide bonds. The van der Waals surface area contributed by atoms with Crippen LogP contribution in [0.4, 0.5) is 13.2 Å². The van der Waals surface area contributed by atoms with Gasteiger partial charge in [-0.25, -0.2) is 4.39 Å². The summed E-state index contributed by atoms with van der Waals surface area (Å²) in [5, 5.41) is 24.8. The summed E-state index contributed by atoms with van der Waals surface area (Å²) in [7, 11) is 0. The Morgan fingerprint density at radius 3 is 1.94 bits per heavy atom. The van der Waals surface area contributed by atoms with Crippen LogP contribution < -0.4 is 0 Å². The van der Waals surface area contributed by atoms with Crippen LogP contribution in [0, 0.1) is 0 Å². The predicted octanol–water partition coefficient (Wildman–Crippen LogP) is 1.95. The number of alkyl halides is 3. The smallest absolute Gasteiger partial charge is 0.339 e. The average molecular weight is 244 g/mol. The summed E-state index contributed by atoms with van der Waals surface area (Å²) in [5.74, 6) is -8.85. The molecule has 0 aromatic rings. The summed E-state index contributed by atoms with van der Waals surface area (Å²) >= 11 is 0. The Labute approximate surface area is 92.9 Å². The first-order valence-corrected chi connectivity index (χ1v) is 5.42. The fourth-order valence-corrected chi connectivity index (χ4v) is 1.32. The van der Waals surface area contributed by atoms with Crippen LogP contribution in [-0.2, 0) is 0 Å². The second-order valence-electron chi connectivity index (χ2n) is 3.93. The third kappa shape index (κ3) is 4.67. The summed E-state index contributed by atoms with van der Waals surface area (Å²) in [6, 6.07) is 0. The molecule has 0 saturated heterocycles. The van der Waals surface area contributed by atoms with Gasteiger partial charge in [-0.1, -0.05) is 39.0 Å². The van der Waals surface area contributed by atoms with Gasteiger partial charge in [0.1, 0.15) is 0 Å². The SMILES string of the molecule is CCCCCCCC(F)C(F)(F)C(O)(O)O. The molecular formula is C10H19F3O3. The molecule has 0 spiro atoms. The standard InChI is InChI=1S/C10H19F3O3/c1-2-3-4-5-6-7-8(11)9(12,13)10(14,15)16/h8,14-16H,2-7H2,1H3. The summed E-state index contributed by atoms with van der Waals surface area (Å²) in [6.45, 7) is 1.99. The van der Waals surface area contributed by atoms with Crippen LogP contribution in [0.2, 0.25) is 0 Å². The van der Waals surface area contributed by atoms with E-state index >= 15 is 0 Å². The number of halogens is 3. The quantitative estimate of drug-likeness (QED) is 0.452. The second kappa shape index (κ2) is 6.42. The highest BCUT2D eigenvalue weighted by Gasteiger charge is 2.57. The van der Waals surface area contributed by atoms with Gasteiger partial charge in [-0.15, -0.1) is 0 Å². The van der Waals surface area contributed by atoms with Crippen LogP contribution in [0.1, 0.15) is 45.4 Å². The molecule has 98 valence electrons. The first-order chi connectivity index (χ1) is 7.23. The lowest BCUT2D eigenvalue weighted by atomic mass is 10.0. The lowest BCUT2D eigenvalue weighted by Gasteiger charge is -2.28. The van der Waals surface area contributed by atoms with Crippen molar-refractivity contribution in [3.63, 3.8) is 0 Å². The van der Waals surface area contributed by atoms with Crippen LogP contribution >= 0.6 is 0 Å². The van der Waals surface area contributed by atoms with Crippen molar-refractivity contribution in [3.05, 3.63) is 0 Å². The number of rotatable bonds is 8. The normalized spacial score (nSPS) is 15.2. The Hall–Kier alpha value is -0.330. The van der Waals surface area contributed by atoms with E-state index in [1.54, 1.807) is 0 Å². The van der Waals surface area contributed by atoms with Gasteiger partial charge in [0.15, 0.2) is 6.17 Å². The van der Waals surface area contributed by atoms with Crippen LogP contribution in [0.15, 0.2) is 0 Å². The molecule has 0 rings (SSSR count). The Balaban J connectivity index is 3.92.